The number of fused-ring (bicyclic) bond motifs is 3. The van der Waals surface area contributed by atoms with E-state index in [1.807, 2.05) is 18.2 Å². The highest BCUT2D eigenvalue weighted by Crippen LogP contribution is 2.36. The second-order valence-electron chi connectivity index (χ2n) is 9.20. The summed E-state index contributed by atoms with van der Waals surface area (Å²) in [4.78, 5) is 19.4. The minimum Gasteiger partial charge on any atom is -0.333 e. The Morgan fingerprint density at radius 3 is 2.62 bits per heavy atom. The molecule has 0 aliphatic carbocycles. The second kappa shape index (κ2) is 11.2. The van der Waals surface area contributed by atoms with E-state index in [9.17, 15) is 18.0 Å². The predicted molar refractivity (Wildman–Crippen MR) is 148 cm³/mol. The molecule has 39 heavy (non-hydrogen) atoms. The first kappa shape index (κ1) is 27.5. The molecule has 11 heteroatoms. The van der Waals surface area contributed by atoms with Crippen LogP contribution >= 0.6 is 34.8 Å². The molecule has 202 valence electrons. The van der Waals surface area contributed by atoms with E-state index in [1.165, 1.54) is 16.8 Å². The Labute approximate surface area is 237 Å². The largest absolute Gasteiger partial charge is 0.416 e. The standard InChI is InChI=1S/C28H22Cl3F3N4O/c29-22-6-3-17(12-23(22)30)2-1-10-37-11-8-24-21(16-37)20-5-4-19(28(32,33)34)14-25(20)38(24)27(39)36-15-18-7-9-35-26(31)13-18/h1-7,9,12-14H,8,10-11,15-16H2,(H,36,39)/b2-1+. The Morgan fingerprint density at radius 2 is 1.87 bits per heavy atom. The average Bonchev–Trinajstić information content (AvgIpc) is 3.22. The summed E-state index contributed by atoms with van der Waals surface area (Å²) >= 11 is 18.0. The van der Waals surface area contributed by atoms with Crippen molar-refractivity contribution in [1.29, 1.82) is 0 Å². The van der Waals surface area contributed by atoms with Crippen LogP contribution in [0.3, 0.4) is 0 Å². The van der Waals surface area contributed by atoms with Crippen molar-refractivity contribution in [3.8, 4) is 0 Å². The average molecular weight is 594 g/mol. The zero-order valence-corrected chi connectivity index (χ0v) is 22.7. The molecule has 0 bridgehead atoms. The number of amides is 1. The van der Waals surface area contributed by atoms with Crippen molar-refractivity contribution in [3.05, 3.63) is 104 Å². The summed E-state index contributed by atoms with van der Waals surface area (Å²) in [5.74, 6) is 0. The van der Waals surface area contributed by atoms with E-state index in [-0.39, 0.29) is 17.2 Å². The van der Waals surface area contributed by atoms with Crippen molar-refractivity contribution in [1.82, 2.24) is 19.8 Å². The van der Waals surface area contributed by atoms with Gasteiger partial charge in [-0.3, -0.25) is 9.47 Å². The van der Waals surface area contributed by atoms with E-state index < -0.39 is 17.8 Å². The van der Waals surface area contributed by atoms with Crippen LogP contribution in [-0.2, 0) is 25.7 Å². The summed E-state index contributed by atoms with van der Waals surface area (Å²) in [5.41, 5.74) is 2.61. The summed E-state index contributed by atoms with van der Waals surface area (Å²) in [6.45, 7) is 1.89. The molecular weight excluding hydrogens is 572 g/mol. The number of hydrogen-bond acceptors (Lipinski definition) is 3. The first-order valence-corrected chi connectivity index (χ1v) is 13.2. The maximum Gasteiger partial charge on any atom is 0.416 e. The maximum absolute atomic E-state index is 13.6. The van der Waals surface area contributed by atoms with Crippen molar-refractivity contribution in [3.63, 3.8) is 0 Å². The molecule has 0 radical (unpaired) electrons. The van der Waals surface area contributed by atoms with Gasteiger partial charge in [-0.1, -0.05) is 59.1 Å². The molecule has 0 saturated carbocycles. The molecule has 0 fully saturated rings. The lowest BCUT2D eigenvalue weighted by atomic mass is 10.0. The van der Waals surface area contributed by atoms with Crippen molar-refractivity contribution in [2.45, 2.75) is 25.7 Å². The minimum absolute atomic E-state index is 0.153. The maximum atomic E-state index is 13.6. The molecule has 3 heterocycles. The number of alkyl halides is 3. The fourth-order valence-corrected chi connectivity index (χ4v) is 5.24. The van der Waals surface area contributed by atoms with Crippen LogP contribution in [0.25, 0.3) is 17.0 Å². The third-order valence-corrected chi connectivity index (χ3v) is 7.56. The van der Waals surface area contributed by atoms with Crippen LogP contribution in [0.5, 0.6) is 0 Å². The van der Waals surface area contributed by atoms with Crippen molar-refractivity contribution in [2.75, 3.05) is 13.1 Å². The number of benzene rings is 2. The SMILES string of the molecule is O=C(NCc1ccnc(Cl)c1)n1c2c(c3ccc(C(F)(F)F)cc31)CN(C/C=C/c1ccc(Cl)c(Cl)c1)CC2. The summed E-state index contributed by atoms with van der Waals surface area (Å²) < 4.78 is 42.1. The van der Waals surface area contributed by atoms with Gasteiger partial charge in [0.2, 0.25) is 0 Å². The number of halogens is 6. The summed E-state index contributed by atoms with van der Waals surface area (Å²) in [6.07, 6.45) is 1.43. The van der Waals surface area contributed by atoms with E-state index in [0.29, 0.717) is 47.2 Å². The monoisotopic (exact) mass is 592 g/mol. The normalized spacial score (nSPS) is 14.2. The first-order valence-electron chi connectivity index (χ1n) is 12.1. The molecule has 5 rings (SSSR count). The lowest BCUT2D eigenvalue weighted by molar-refractivity contribution is -0.137. The zero-order chi connectivity index (χ0) is 27.7. The van der Waals surface area contributed by atoms with Gasteiger partial charge >= 0.3 is 12.2 Å². The van der Waals surface area contributed by atoms with E-state index in [2.05, 4.69) is 15.2 Å². The molecular formula is C28H22Cl3F3N4O. The molecule has 4 aromatic rings. The Bertz CT molecular complexity index is 1580. The van der Waals surface area contributed by atoms with E-state index in [1.54, 1.807) is 24.3 Å². The van der Waals surface area contributed by atoms with Crippen LogP contribution in [0.1, 0.15) is 27.9 Å². The second-order valence-corrected chi connectivity index (χ2v) is 10.4. The van der Waals surface area contributed by atoms with Crippen LogP contribution in [-0.4, -0.2) is 33.6 Å². The number of nitrogens with one attached hydrogen (secondary N) is 1. The molecule has 2 aromatic carbocycles. The van der Waals surface area contributed by atoms with Crippen LogP contribution < -0.4 is 5.32 Å². The fraction of sp³-hybridized carbons (Fsp3) is 0.214. The summed E-state index contributed by atoms with van der Waals surface area (Å²) in [5, 5.41) is 4.67. The zero-order valence-electron chi connectivity index (χ0n) is 20.4. The number of carbonyl (C=O) groups is 1. The summed E-state index contributed by atoms with van der Waals surface area (Å²) in [7, 11) is 0. The topological polar surface area (TPSA) is 50.2 Å². The molecule has 1 aliphatic rings. The first-order chi connectivity index (χ1) is 18.6. The smallest absolute Gasteiger partial charge is 0.333 e. The number of rotatable bonds is 5. The molecule has 1 N–H and O–H groups in total. The quantitative estimate of drug-likeness (QED) is 0.240. The van der Waals surface area contributed by atoms with Crippen LogP contribution in [0.4, 0.5) is 18.0 Å². The Kier molecular flexibility index (Phi) is 7.91. The van der Waals surface area contributed by atoms with E-state index in [4.69, 9.17) is 34.8 Å². The highest BCUT2D eigenvalue weighted by atomic mass is 35.5. The van der Waals surface area contributed by atoms with Gasteiger partial charge in [0.25, 0.3) is 0 Å². The molecule has 1 aliphatic heterocycles. The lowest BCUT2D eigenvalue weighted by Crippen LogP contribution is -2.34. The van der Waals surface area contributed by atoms with Crippen molar-refractivity contribution >= 4 is 57.8 Å². The molecule has 0 atom stereocenters. The molecule has 0 unspecified atom stereocenters. The number of nitrogens with zero attached hydrogens (tertiary/aromatic N) is 3. The van der Waals surface area contributed by atoms with Gasteiger partial charge in [-0.05, 0) is 53.1 Å². The highest BCUT2D eigenvalue weighted by Gasteiger charge is 2.33. The van der Waals surface area contributed by atoms with Gasteiger partial charge in [-0.2, -0.15) is 13.2 Å². The minimum atomic E-state index is -4.53. The van der Waals surface area contributed by atoms with Crippen LogP contribution in [0, 0.1) is 0 Å². The van der Waals surface area contributed by atoms with Crippen LogP contribution in [0.2, 0.25) is 15.2 Å². The number of hydrogen-bond donors (Lipinski definition) is 1. The lowest BCUT2D eigenvalue weighted by Gasteiger charge is -2.27. The highest BCUT2D eigenvalue weighted by molar-refractivity contribution is 6.42. The Hall–Kier alpha value is -3.04. The molecule has 0 saturated heterocycles. The van der Waals surface area contributed by atoms with Gasteiger partial charge in [0.1, 0.15) is 5.15 Å². The molecule has 1 amide bonds. The fourth-order valence-electron chi connectivity index (χ4n) is 4.74. The number of carbonyl (C=O) groups excluding carboxylic acids is 1. The number of aromatic nitrogens is 2. The Balaban J connectivity index is 1.42. The van der Waals surface area contributed by atoms with Crippen molar-refractivity contribution < 1.29 is 18.0 Å². The molecule has 5 nitrogen and oxygen atoms in total. The number of pyridine rings is 1. The van der Waals surface area contributed by atoms with Gasteiger partial charge in [0, 0.05) is 49.9 Å². The summed E-state index contributed by atoms with van der Waals surface area (Å²) in [6, 6.07) is 11.8. The van der Waals surface area contributed by atoms with E-state index in [0.717, 1.165) is 28.8 Å². The van der Waals surface area contributed by atoms with Gasteiger partial charge in [-0.25, -0.2) is 9.78 Å². The third-order valence-electron chi connectivity index (χ3n) is 6.61. The molecule has 2 aromatic heterocycles. The van der Waals surface area contributed by atoms with Gasteiger partial charge in [-0.15, -0.1) is 0 Å². The van der Waals surface area contributed by atoms with Gasteiger partial charge < -0.3 is 5.32 Å². The Morgan fingerprint density at radius 1 is 1.05 bits per heavy atom. The van der Waals surface area contributed by atoms with Gasteiger partial charge in [0.15, 0.2) is 0 Å². The predicted octanol–water partition coefficient (Wildman–Crippen LogP) is 7.84. The molecule has 0 spiro atoms. The van der Waals surface area contributed by atoms with Crippen LogP contribution in [0.15, 0.2) is 60.8 Å². The van der Waals surface area contributed by atoms with Crippen molar-refractivity contribution in [2.24, 2.45) is 0 Å². The third kappa shape index (κ3) is 6.09. The van der Waals surface area contributed by atoms with Gasteiger partial charge in [0.05, 0.1) is 21.1 Å². The van der Waals surface area contributed by atoms with E-state index >= 15 is 0 Å².